The average Bonchev–Trinajstić information content (AvgIpc) is 2.96. The highest BCUT2D eigenvalue weighted by Gasteiger charge is 2.18. The Kier molecular flexibility index (Phi) is 3.05. The molecule has 1 atom stereocenters. The van der Waals surface area contributed by atoms with Crippen molar-refractivity contribution in [1.82, 2.24) is 5.32 Å². The fraction of sp³-hybridized carbons (Fsp3) is 0.125. The molecule has 1 N–H and O–H groups in total. The van der Waals surface area contributed by atoms with Crippen LogP contribution in [0.4, 0.5) is 4.39 Å². The molecule has 2 nitrogen and oxygen atoms in total. The van der Waals surface area contributed by atoms with E-state index in [9.17, 15) is 4.39 Å². The lowest BCUT2D eigenvalue weighted by Crippen LogP contribution is -2.17. The second-order valence-corrected chi connectivity index (χ2v) is 4.42. The van der Waals surface area contributed by atoms with E-state index < -0.39 is 0 Å². The highest BCUT2D eigenvalue weighted by atomic mass is 19.1. The van der Waals surface area contributed by atoms with Gasteiger partial charge in [0.15, 0.2) is 0 Å². The predicted molar refractivity (Wildman–Crippen MR) is 73.5 cm³/mol. The summed E-state index contributed by atoms with van der Waals surface area (Å²) in [5, 5.41) is 4.75. The van der Waals surface area contributed by atoms with Gasteiger partial charge in [0.1, 0.15) is 11.6 Å². The van der Waals surface area contributed by atoms with Crippen molar-refractivity contribution in [2.75, 3.05) is 7.05 Å². The van der Waals surface area contributed by atoms with Gasteiger partial charge >= 0.3 is 0 Å². The van der Waals surface area contributed by atoms with Crippen molar-refractivity contribution in [2.45, 2.75) is 6.04 Å². The summed E-state index contributed by atoms with van der Waals surface area (Å²) in [6.45, 7) is 0. The Bertz CT molecular complexity index is 691. The topological polar surface area (TPSA) is 25.2 Å². The van der Waals surface area contributed by atoms with Crippen molar-refractivity contribution in [1.29, 1.82) is 0 Å². The van der Waals surface area contributed by atoms with E-state index in [1.165, 1.54) is 6.07 Å². The predicted octanol–water partition coefficient (Wildman–Crippen LogP) is 3.88. The molecule has 19 heavy (non-hydrogen) atoms. The molecule has 1 heterocycles. The lowest BCUT2D eigenvalue weighted by molar-refractivity contribution is 0.464. The minimum atomic E-state index is -0.200. The lowest BCUT2D eigenvalue weighted by atomic mass is 9.97. The number of hydrogen-bond acceptors (Lipinski definition) is 2. The number of halogens is 1. The van der Waals surface area contributed by atoms with Crippen LogP contribution in [0.2, 0.25) is 0 Å². The summed E-state index contributed by atoms with van der Waals surface area (Å²) in [6, 6.07) is 14.5. The van der Waals surface area contributed by atoms with Crippen LogP contribution in [0.1, 0.15) is 17.4 Å². The molecule has 0 radical (unpaired) electrons. The molecular formula is C16H14FNO. The Morgan fingerprint density at radius 1 is 1.00 bits per heavy atom. The van der Waals surface area contributed by atoms with Gasteiger partial charge in [-0.25, -0.2) is 4.39 Å². The summed E-state index contributed by atoms with van der Waals surface area (Å²) >= 11 is 0. The Morgan fingerprint density at radius 2 is 1.79 bits per heavy atom. The molecule has 0 bridgehead atoms. The SMILES string of the molecule is CNC(c1ccco1)c1ccc(F)c2ccccc12. The fourth-order valence-electron chi connectivity index (χ4n) is 2.44. The van der Waals surface area contributed by atoms with E-state index in [0.29, 0.717) is 5.39 Å². The van der Waals surface area contributed by atoms with E-state index in [-0.39, 0.29) is 11.9 Å². The third-order valence-corrected chi connectivity index (χ3v) is 3.33. The summed E-state index contributed by atoms with van der Waals surface area (Å²) in [5.41, 5.74) is 1.01. The summed E-state index contributed by atoms with van der Waals surface area (Å²) in [7, 11) is 1.87. The van der Waals surface area contributed by atoms with Gasteiger partial charge in [-0.15, -0.1) is 0 Å². The molecular weight excluding hydrogens is 241 g/mol. The van der Waals surface area contributed by atoms with Crippen molar-refractivity contribution in [3.8, 4) is 0 Å². The van der Waals surface area contributed by atoms with Gasteiger partial charge in [0.05, 0.1) is 12.3 Å². The molecule has 2 aromatic carbocycles. The van der Waals surface area contributed by atoms with Gasteiger partial charge in [-0.2, -0.15) is 0 Å². The van der Waals surface area contributed by atoms with Crippen LogP contribution in [0.5, 0.6) is 0 Å². The van der Waals surface area contributed by atoms with Crippen molar-refractivity contribution in [3.63, 3.8) is 0 Å². The van der Waals surface area contributed by atoms with Crippen LogP contribution < -0.4 is 5.32 Å². The number of furan rings is 1. The molecule has 96 valence electrons. The van der Waals surface area contributed by atoms with E-state index in [1.807, 2.05) is 37.4 Å². The number of fused-ring (bicyclic) bond motifs is 1. The largest absolute Gasteiger partial charge is 0.467 e. The van der Waals surface area contributed by atoms with Gasteiger partial charge in [0.2, 0.25) is 0 Å². The third kappa shape index (κ3) is 2.02. The zero-order valence-corrected chi connectivity index (χ0v) is 10.6. The first-order valence-corrected chi connectivity index (χ1v) is 6.19. The van der Waals surface area contributed by atoms with E-state index in [1.54, 1.807) is 18.4 Å². The average molecular weight is 255 g/mol. The number of benzene rings is 2. The summed E-state index contributed by atoms with van der Waals surface area (Å²) in [6.07, 6.45) is 1.64. The van der Waals surface area contributed by atoms with Gasteiger partial charge in [0.25, 0.3) is 0 Å². The second kappa shape index (κ2) is 4.86. The molecule has 0 amide bonds. The molecule has 0 aliphatic carbocycles. The van der Waals surface area contributed by atoms with Crippen LogP contribution in [0.15, 0.2) is 59.2 Å². The Hall–Kier alpha value is -2.13. The molecule has 3 heteroatoms. The van der Waals surface area contributed by atoms with Crippen LogP contribution in [0, 0.1) is 5.82 Å². The smallest absolute Gasteiger partial charge is 0.131 e. The van der Waals surface area contributed by atoms with Gasteiger partial charge in [0, 0.05) is 5.39 Å². The summed E-state index contributed by atoms with van der Waals surface area (Å²) in [4.78, 5) is 0. The molecule has 0 aliphatic heterocycles. The number of nitrogens with one attached hydrogen (secondary N) is 1. The molecule has 0 saturated heterocycles. The summed E-state index contributed by atoms with van der Waals surface area (Å²) < 4.78 is 19.3. The highest BCUT2D eigenvalue weighted by molar-refractivity contribution is 5.87. The lowest BCUT2D eigenvalue weighted by Gasteiger charge is -2.16. The number of rotatable bonds is 3. The normalized spacial score (nSPS) is 12.7. The first kappa shape index (κ1) is 11.9. The minimum Gasteiger partial charge on any atom is -0.467 e. The molecule has 0 spiro atoms. The maximum Gasteiger partial charge on any atom is 0.131 e. The Balaban J connectivity index is 2.22. The Morgan fingerprint density at radius 3 is 2.47 bits per heavy atom. The van der Waals surface area contributed by atoms with Crippen molar-refractivity contribution < 1.29 is 8.81 Å². The van der Waals surface area contributed by atoms with E-state index in [2.05, 4.69) is 5.32 Å². The van der Waals surface area contributed by atoms with Crippen molar-refractivity contribution >= 4 is 10.8 Å². The first-order chi connectivity index (χ1) is 9.31. The maximum absolute atomic E-state index is 13.8. The van der Waals surface area contributed by atoms with Gasteiger partial charge in [-0.3, -0.25) is 0 Å². The third-order valence-electron chi connectivity index (χ3n) is 3.33. The van der Waals surface area contributed by atoms with Crippen molar-refractivity contribution in [3.05, 3.63) is 71.9 Å². The molecule has 0 fully saturated rings. The first-order valence-electron chi connectivity index (χ1n) is 6.19. The van der Waals surface area contributed by atoms with E-state index in [0.717, 1.165) is 16.7 Å². The Labute approximate surface area is 110 Å². The number of hydrogen-bond donors (Lipinski definition) is 1. The van der Waals surface area contributed by atoms with Crippen molar-refractivity contribution in [2.24, 2.45) is 0 Å². The van der Waals surface area contributed by atoms with Crippen LogP contribution in [-0.2, 0) is 0 Å². The highest BCUT2D eigenvalue weighted by Crippen LogP contribution is 2.30. The molecule has 1 unspecified atom stereocenters. The van der Waals surface area contributed by atoms with Gasteiger partial charge < -0.3 is 9.73 Å². The van der Waals surface area contributed by atoms with E-state index in [4.69, 9.17) is 4.42 Å². The standard InChI is InChI=1S/C16H14FNO/c1-18-16(15-7-4-10-19-15)13-8-9-14(17)12-6-3-2-5-11(12)13/h2-10,16,18H,1H3. The van der Waals surface area contributed by atoms with Crippen LogP contribution in [0.3, 0.4) is 0 Å². The quantitative estimate of drug-likeness (QED) is 0.768. The van der Waals surface area contributed by atoms with Gasteiger partial charge in [-0.05, 0) is 36.2 Å². The zero-order chi connectivity index (χ0) is 13.2. The van der Waals surface area contributed by atoms with E-state index >= 15 is 0 Å². The monoisotopic (exact) mass is 255 g/mol. The van der Waals surface area contributed by atoms with Crippen LogP contribution >= 0.6 is 0 Å². The zero-order valence-electron chi connectivity index (χ0n) is 10.6. The fourth-order valence-corrected chi connectivity index (χ4v) is 2.44. The molecule has 3 rings (SSSR count). The molecule has 0 saturated carbocycles. The molecule has 3 aromatic rings. The van der Waals surface area contributed by atoms with Crippen LogP contribution in [0.25, 0.3) is 10.8 Å². The molecule has 0 aliphatic rings. The second-order valence-electron chi connectivity index (χ2n) is 4.42. The summed E-state index contributed by atoms with van der Waals surface area (Å²) in [5.74, 6) is 0.618. The maximum atomic E-state index is 13.8. The molecule has 1 aromatic heterocycles. The minimum absolute atomic E-state index is 0.0829. The van der Waals surface area contributed by atoms with Crippen LogP contribution in [-0.4, -0.2) is 7.05 Å². The van der Waals surface area contributed by atoms with Gasteiger partial charge in [-0.1, -0.05) is 30.3 Å².